The Morgan fingerprint density at radius 1 is 1.24 bits per heavy atom. The van der Waals surface area contributed by atoms with Crippen molar-refractivity contribution in [1.82, 2.24) is 15.5 Å². The number of rotatable bonds is 4. The van der Waals surface area contributed by atoms with Crippen LogP contribution < -0.4 is 10.6 Å². The van der Waals surface area contributed by atoms with E-state index in [1.165, 1.54) is 6.42 Å². The second-order valence-corrected chi connectivity index (χ2v) is 7.29. The van der Waals surface area contributed by atoms with Gasteiger partial charge >= 0.3 is 6.03 Å². The first kappa shape index (κ1) is 17.7. The smallest absolute Gasteiger partial charge is 0.325 e. The van der Waals surface area contributed by atoms with Gasteiger partial charge in [0, 0.05) is 11.1 Å². The molecule has 1 aromatic rings. The predicted molar refractivity (Wildman–Crippen MR) is 94.1 cm³/mol. The van der Waals surface area contributed by atoms with E-state index in [0.29, 0.717) is 10.6 Å². The van der Waals surface area contributed by atoms with Gasteiger partial charge in [-0.25, -0.2) is 4.79 Å². The molecular weight excluding hydrogens is 342 g/mol. The Bertz CT molecular complexity index is 685. The fourth-order valence-corrected chi connectivity index (χ4v) is 3.61. The van der Waals surface area contributed by atoms with Crippen molar-refractivity contribution in [2.24, 2.45) is 0 Å². The van der Waals surface area contributed by atoms with Crippen LogP contribution in [0.15, 0.2) is 24.3 Å². The van der Waals surface area contributed by atoms with Gasteiger partial charge in [-0.1, -0.05) is 43.0 Å². The van der Waals surface area contributed by atoms with Crippen molar-refractivity contribution < 1.29 is 14.4 Å². The number of carbonyl (C=O) groups excluding carboxylic acids is 3. The molecule has 0 bridgehead atoms. The number of carbonyl (C=O) groups is 3. The third-order valence-corrected chi connectivity index (χ3v) is 5.22. The lowest BCUT2D eigenvalue weighted by molar-refractivity contribution is -0.135. The third-order valence-electron chi connectivity index (χ3n) is 4.97. The summed E-state index contributed by atoms with van der Waals surface area (Å²) in [7, 11) is 0. The van der Waals surface area contributed by atoms with Gasteiger partial charge in [0.1, 0.15) is 12.1 Å². The van der Waals surface area contributed by atoms with E-state index in [-0.39, 0.29) is 18.5 Å². The number of nitrogens with zero attached hydrogens (tertiary/aromatic N) is 1. The second kappa shape index (κ2) is 7.04. The maximum atomic E-state index is 12.8. The highest BCUT2D eigenvalue weighted by molar-refractivity contribution is 6.30. The molecule has 1 heterocycles. The topological polar surface area (TPSA) is 78.5 Å². The molecule has 2 fully saturated rings. The summed E-state index contributed by atoms with van der Waals surface area (Å²) < 4.78 is 0. The van der Waals surface area contributed by atoms with Gasteiger partial charge in [0.05, 0.1) is 0 Å². The average molecular weight is 364 g/mol. The van der Waals surface area contributed by atoms with Crippen molar-refractivity contribution in [3.8, 4) is 0 Å². The summed E-state index contributed by atoms with van der Waals surface area (Å²) in [5, 5.41) is 6.17. The summed E-state index contributed by atoms with van der Waals surface area (Å²) in [6.45, 7) is 1.37. The Hall–Kier alpha value is -2.08. The Morgan fingerprint density at radius 2 is 1.88 bits per heavy atom. The van der Waals surface area contributed by atoms with Crippen molar-refractivity contribution in [1.29, 1.82) is 0 Å². The van der Waals surface area contributed by atoms with Crippen LogP contribution >= 0.6 is 11.6 Å². The highest BCUT2D eigenvalue weighted by Gasteiger charge is 2.49. The zero-order valence-corrected chi connectivity index (χ0v) is 14.9. The molecule has 3 rings (SSSR count). The molecule has 0 unspecified atom stereocenters. The van der Waals surface area contributed by atoms with E-state index in [2.05, 4.69) is 10.6 Å². The van der Waals surface area contributed by atoms with E-state index in [4.69, 9.17) is 11.6 Å². The van der Waals surface area contributed by atoms with Crippen LogP contribution in [0.2, 0.25) is 5.02 Å². The van der Waals surface area contributed by atoms with Crippen LogP contribution in [0.5, 0.6) is 0 Å². The minimum absolute atomic E-state index is 0.143. The lowest BCUT2D eigenvalue weighted by atomic mass is 9.92. The van der Waals surface area contributed by atoms with Crippen molar-refractivity contribution in [3.05, 3.63) is 34.9 Å². The molecule has 0 aromatic heterocycles. The van der Waals surface area contributed by atoms with Gasteiger partial charge in [-0.15, -0.1) is 0 Å². The molecule has 0 radical (unpaired) electrons. The molecule has 6 nitrogen and oxygen atoms in total. The zero-order valence-electron chi connectivity index (χ0n) is 14.2. The van der Waals surface area contributed by atoms with E-state index in [1.54, 1.807) is 31.2 Å². The van der Waals surface area contributed by atoms with Crippen LogP contribution in [0.25, 0.3) is 0 Å². The largest absolute Gasteiger partial charge is 0.352 e. The molecule has 1 saturated heterocycles. The molecule has 0 spiro atoms. The number of amides is 4. The maximum Gasteiger partial charge on any atom is 0.325 e. The number of urea groups is 1. The summed E-state index contributed by atoms with van der Waals surface area (Å²) in [6.07, 6.45) is 5.30. The first-order valence-corrected chi connectivity index (χ1v) is 8.97. The molecule has 1 saturated carbocycles. The van der Waals surface area contributed by atoms with E-state index in [9.17, 15) is 14.4 Å². The fraction of sp³-hybridized carbons (Fsp3) is 0.500. The molecule has 1 aliphatic carbocycles. The Balaban J connectivity index is 1.68. The van der Waals surface area contributed by atoms with Gasteiger partial charge < -0.3 is 10.6 Å². The van der Waals surface area contributed by atoms with Crippen LogP contribution in [0.1, 0.15) is 44.6 Å². The first-order chi connectivity index (χ1) is 11.9. The third kappa shape index (κ3) is 3.63. The Morgan fingerprint density at radius 3 is 2.52 bits per heavy atom. The van der Waals surface area contributed by atoms with E-state index in [1.807, 2.05) is 0 Å². The fourth-order valence-electron chi connectivity index (χ4n) is 3.48. The minimum Gasteiger partial charge on any atom is -0.352 e. The standard InChI is InChI=1S/C18H22ClN3O3/c1-18(12-7-9-13(19)10-8-12)16(24)22(17(25)21-18)11-15(23)20-14-5-3-2-4-6-14/h7-10,14H,2-6,11H2,1H3,(H,20,23)(H,21,25)/t18-/m1/s1. The summed E-state index contributed by atoms with van der Waals surface area (Å²) in [6, 6.07) is 6.32. The summed E-state index contributed by atoms with van der Waals surface area (Å²) in [4.78, 5) is 38.3. The Labute approximate surface area is 151 Å². The van der Waals surface area contributed by atoms with E-state index < -0.39 is 17.5 Å². The summed E-state index contributed by atoms with van der Waals surface area (Å²) in [5.41, 5.74) is -0.558. The van der Waals surface area contributed by atoms with Crippen LogP contribution in [0.4, 0.5) is 4.79 Å². The van der Waals surface area contributed by atoms with Gasteiger partial charge in [0.15, 0.2) is 0 Å². The Kier molecular flexibility index (Phi) is 4.99. The molecule has 2 aliphatic rings. The van der Waals surface area contributed by atoms with Crippen molar-refractivity contribution in [2.45, 2.75) is 50.6 Å². The normalized spacial score (nSPS) is 24.3. The lowest BCUT2D eigenvalue weighted by Gasteiger charge is -2.24. The van der Waals surface area contributed by atoms with Crippen LogP contribution in [-0.4, -0.2) is 35.3 Å². The van der Waals surface area contributed by atoms with Gasteiger partial charge in [-0.3, -0.25) is 14.5 Å². The first-order valence-electron chi connectivity index (χ1n) is 8.59. The van der Waals surface area contributed by atoms with Crippen LogP contribution in [0, 0.1) is 0 Å². The molecule has 4 amide bonds. The molecule has 1 atom stereocenters. The molecule has 7 heteroatoms. The quantitative estimate of drug-likeness (QED) is 0.807. The summed E-state index contributed by atoms with van der Waals surface area (Å²) >= 11 is 5.88. The van der Waals surface area contributed by atoms with Crippen molar-refractivity contribution in [3.63, 3.8) is 0 Å². The van der Waals surface area contributed by atoms with Crippen molar-refractivity contribution >= 4 is 29.4 Å². The van der Waals surface area contributed by atoms with Gasteiger partial charge in [-0.2, -0.15) is 0 Å². The molecule has 1 aromatic carbocycles. The zero-order chi connectivity index (χ0) is 18.0. The lowest BCUT2D eigenvalue weighted by Crippen LogP contribution is -2.45. The minimum atomic E-state index is -1.19. The SMILES string of the molecule is C[C@]1(c2ccc(Cl)cc2)NC(=O)N(CC(=O)NC2CCCCC2)C1=O. The van der Waals surface area contributed by atoms with Crippen LogP contribution in [-0.2, 0) is 15.1 Å². The molecular formula is C18H22ClN3O3. The number of hydrogen-bond acceptors (Lipinski definition) is 3. The van der Waals surface area contributed by atoms with Gasteiger partial charge in [0.2, 0.25) is 5.91 Å². The molecule has 134 valence electrons. The maximum absolute atomic E-state index is 12.8. The number of benzene rings is 1. The van der Waals surface area contributed by atoms with Gasteiger partial charge in [0.25, 0.3) is 5.91 Å². The van der Waals surface area contributed by atoms with Crippen LogP contribution in [0.3, 0.4) is 0 Å². The highest BCUT2D eigenvalue weighted by Crippen LogP contribution is 2.29. The number of hydrogen-bond donors (Lipinski definition) is 2. The average Bonchev–Trinajstić information content (AvgIpc) is 2.80. The number of halogens is 1. The monoisotopic (exact) mass is 363 g/mol. The van der Waals surface area contributed by atoms with E-state index >= 15 is 0 Å². The predicted octanol–water partition coefficient (Wildman–Crippen LogP) is 2.56. The van der Waals surface area contributed by atoms with Crippen molar-refractivity contribution in [2.75, 3.05) is 6.54 Å². The van der Waals surface area contributed by atoms with Gasteiger partial charge in [-0.05, 0) is 37.5 Å². The molecule has 25 heavy (non-hydrogen) atoms. The number of nitrogens with one attached hydrogen (secondary N) is 2. The van der Waals surface area contributed by atoms with E-state index in [0.717, 1.165) is 30.6 Å². The summed E-state index contributed by atoms with van der Waals surface area (Å²) in [5.74, 6) is -0.727. The second-order valence-electron chi connectivity index (χ2n) is 6.86. The molecule has 2 N–H and O–H groups in total. The number of imide groups is 1. The highest BCUT2D eigenvalue weighted by atomic mass is 35.5. The molecule has 1 aliphatic heterocycles.